The maximum Gasteiger partial charge on any atom is 0.0231 e. The molecule has 0 aromatic heterocycles. The number of nitrogens with zero attached hydrogens (tertiary/aromatic N) is 1. The summed E-state index contributed by atoms with van der Waals surface area (Å²) >= 11 is 0. The van der Waals surface area contributed by atoms with E-state index in [4.69, 9.17) is 0 Å². The van der Waals surface area contributed by atoms with Crippen LogP contribution in [-0.4, -0.2) is 31.1 Å². The quantitative estimate of drug-likeness (QED) is 0.858. The SMILES string of the molecule is CN(Cc1ccccc1)CC1CCCCCN1. The first-order valence-electron chi connectivity index (χ1n) is 6.80. The highest BCUT2D eigenvalue weighted by atomic mass is 15.1. The lowest BCUT2D eigenvalue weighted by Gasteiger charge is -2.23. The summed E-state index contributed by atoms with van der Waals surface area (Å²) in [6.07, 6.45) is 5.46. The Balaban J connectivity index is 1.78. The molecule has 1 fully saturated rings. The Kier molecular flexibility index (Phi) is 5.02. The number of nitrogens with one attached hydrogen (secondary N) is 1. The summed E-state index contributed by atoms with van der Waals surface area (Å²) < 4.78 is 0. The summed E-state index contributed by atoms with van der Waals surface area (Å²) in [7, 11) is 2.22. The average Bonchev–Trinajstić information content (AvgIpc) is 2.59. The molecule has 1 N–H and O–H groups in total. The molecule has 1 aliphatic heterocycles. The van der Waals surface area contributed by atoms with Crippen LogP contribution in [0.2, 0.25) is 0 Å². The standard InChI is InChI=1S/C15H24N2/c1-17(12-14-8-4-2-5-9-14)13-15-10-6-3-7-11-16-15/h2,4-5,8-9,15-16H,3,6-7,10-13H2,1H3. The van der Waals surface area contributed by atoms with E-state index in [0.717, 1.165) is 13.1 Å². The fourth-order valence-electron chi connectivity index (χ4n) is 2.59. The molecule has 0 amide bonds. The summed E-state index contributed by atoms with van der Waals surface area (Å²) in [6, 6.07) is 11.4. The lowest BCUT2D eigenvalue weighted by Crippen LogP contribution is -2.38. The van der Waals surface area contributed by atoms with Gasteiger partial charge in [-0.1, -0.05) is 43.2 Å². The summed E-state index contributed by atoms with van der Waals surface area (Å²) in [6.45, 7) is 3.41. The van der Waals surface area contributed by atoms with Crippen LogP contribution in [0.4, 0.5) is 0 Å². The minimum absolute atomic E-state index is 0.686. The van der Waals surface area contributed by atoms with Gasteiger partial charge >= 0.3 is 0 Å². The summed E-state index contributed by atoms with van der Waals surface area (Å²) in [4.78, 5) is 2.43. The first-order chi connectivity index (χ1) is 8.34. The van der Waals surface area contributed by atoms with E-state index in [1.807, 2.05) is 0 Å². The van der Waals surface area contributed by atoms with Crippen LogP contribution < -0.4 is 5.32 Å². The van der Waals surface area contributed by atoms with E-state index < -0.39 is 0 Å². The van der Waals surface area contributed by atoms with Crippen molar-refractivity contribution in [1.29, 1.82) is 0 Å². The van der Waals surface area contributed by atoms with E-state index in [1.165, 1.54) is 37.8 Å². The molecule has 1 aromatic rings. The molecule has 1 atom stereocenters. The maximum absolute atomic E-state index is 3.66. The lowest BCUT2D eigenvalue weighted by atomic mass is 10.1. The van der Waals surface area contributed by atoms with Crippen LogP contribution in [0.3, 0.4) is 0 Å². The van der Waals surface area contributed by atoms with E-state index >= 15 is 0 Å². The van der Waals surface area contributed by atoms with Crippen LogP contribution in [0, 0.1) is 0 Å². The molecule has 1 unspecified atom stereocenters. The van der Waals surface area contributed by atoms with Crippen molar-refractivity contribution in [3.05, 3.63) is 35.9 Å². The number of benzene rings is 1. The first kappa shape index (κ1) is 12.6. The molecule has 2 rings (SSSR count). The van der Waals surface area contributed by atoms with Crippen LogP contribution in [-0.2, 0) is 6.54 Å². The van der Waals surface area contributed by atoms with Crippen molar-refractivity contribution in [2.45, 2.75) is 38.3 Å². The van der Waals surface area contributed by atoms with E-state index in [9.17, 15) is 0 Å². The molecule has 1 saturated heterocycles. The minimum atomic E-state index is 0.686. The summed E-state index contributed by atoms with van der Waals surface area (Å²) in [5.41, 5.74) is 1.41. The van der Waals surface area contributed by atoms with Crippen LogP contribution in [0.25, 0.3) is 0 Å². The number of hydrogen-bond donors (Lipinski definition) is 1. The molecular weight excluding hydrogens is 208 g/mol. The van der Waals surface area contributed by atoms with Gasteiger partial charge < -0.3 is 10.2 Å². The molecule has 0 aliphatic carbocycles. The molecule has 2 nitrogen and oxygen atoms in total. The normalized spacial score (nSPS) is 21.4. The highest BCUT2D eigenvalue weighted by molar-refractivity contribution is 5.14. The van der Waals surface area contributed by atoms with E-state index in [1.54, 1.807) is 0 Å². The van der Waals surface area contributed by atoms with Crippen molar-refractivity contribution in [1.82, 2.24) is 10.2 Å². The number of rotatable bonds is 4. The first-order valence-corrected chi connectivity index (χ1v) is 6.80. The predicted octanol–water partition coefficient (Wildman–Crippen LogP) is 2.65. The molecular formula is C15H24N2. The van der Waals surface area contributed by atoms with Crippen LogP contribution in [0.5, 0.6) is 0 Å². The molecule has 17 heavy (non-hydrogen) atoms. The maximum atomic E-state index is 3.66. The van der Waals surface area contributed by atoms with Gasteiger partial charge in [-0.25, -0.2) is 0 Å². The smallest absolute Gasteiger partial charge is 0.0231 e. The Morgan fingerprint density at radius 2 is 2.00 bits per heavy atom. The van der Waals surface area contributed by atoms with E-state index in [2.05, 4.69) is 47.6 Å². The zero-order valence-electron chi connectivity index (χ0n) is 10.9. The molecule has 0 bridgehead atoms. The predicted molar refractivity (Wildman–Crippen MR) is 73.0 cm³/mol. The van der Waals surface area contributed by atoms with Crippen molar-refractivity contribution >= 4 is 0 Å². The number of hydrogen-bond acceptors (Lipinski definition) is 2. The second-order valence-corrected chi connectivity index (χ2v) is 5.18. The zero-order valence-corrected chi connectivity index (χ0v) is 10.9. The third-order valence-electron chi connectivity index (χ3n) is 3.49. The van der Waals surface area contributed by atoms with Gasteiger partial charge in [0.05, 0.1) is 0 Å². The molecule has 0 radical (unpaired) electrons. The van der Waals surface area contributed by atoms with Crippen molar-refractivity contribution in [3.63, 3.8) is 0 Å². The van der Waals surface area contributed by atoms with E-state index in [0.29, 0.717) is 6.04 Å². The minimum Gasteiger partial charge on any atom is -0.313 e. The highest BCUT2D eigenvalue weighted by Gasteiger charge is 2.13. The van der Waals surface area contributed by atoms with Gasteiger partial charge in [0, 0.05) is 19.1 Å². The molecule has 1 aliphatic rings. The van der Waals surface area contributed by atoms with Gasteiger partial charge in [-0.15, -0.1) is 0 Å². The monoisotopic (exact) mass is 232 g/mol. The largest absolute Gasteiger partial charge is 0.313 e. The fraction of sp³-hybridized carbons (Fsp3) is 0.600. The lowest BCUT2D eigenvalue weighted by molar-refractivity contribution is 0.278. The zero-order chi connectivity index (χ0) is 11.9. The highest BCUT2D eigenvalue weighted by Crippen LogP contribution is 2.10. The van der Waals surface area contributed by atoms with Crippen molar-refractivity contribution in [3.8, 4) is 0 Å². The van der Waals surface area contributed by atoms with Gasteiger partial charge in [0.25, 0.3) is 0 Å². The molecule has 94 valence electrons. The third-order valence-corrected chi connectivity index (χ3v) is 3.49. The van der Waals surface area contributed by atoms with Crippen LogP contribution >= 0.6 is 0 Å². The molecule has 2 heteroatoms. The Bertz CT molecular complexity index is 302. The van der Waals surface area contributed by atoms with Crippen LogP contribution in [0.15, 0.2) is 30.3 Å². The van der Waals surface area contributed by atoms with Gasteiger partial charge in [0.2, 0.25) is 0 Å². The Morgan fingerprint density at radius 3 is 2.82 bits per heavy atom. The van der Waals surface area contributed by atoms with E-state index in [-0.39, 0.29) is 0 Å². The molecule has 0 spiro atoms. The molecule has 1 aromatic carbocycles. The second-order valence-electron chi connectivity index (χ2n) is 5.18. The Morgan fingerprint density at radius 1 is 1.18 bits per heavy atom. The van der Waals surface area contributed by atoms with Gasteiger partial charge in [0.1, 0.15) is 0 Å². The average molecular weight is 232 g/mol. The number of likely N-dealkylation sites (N-methyl/N-ethyl adjacent to an activating group) is 1. The van der Waals surface area contributed by atoms with Gasteiger partial charge in [-0.3, -0.25) is 0 Å². The summed E-state index contributed by atoms with van der Waals surface area (Å²) in [5.74, 6) is 0. The molecule has 0 saturated carbocycles. The molecule has 1 heterocycles. The Labute approximate surface area is 105 Å². The second kappa shape index (κ2) is 6.77. The van der Waals surface area contributed by atoms with Crippen molar-refractivity contribution in [2.75, 3.05) is 20.1 Å². The van der Waals surface area contributed by atoms with Gasteiger partial charge in [-0.05, 0) is 32.0 Å². The van der Waals surface area contributed by atoms with Gasteiger partial charge in [-0.2, -0.15) is 0 Å². The van der Waals surface area contributed by atoms with Crippen molar-refractivity contribution in [2.24, 2.45) is 0 Å². The fourth-order valence-corrected chi connectivity index (χ4v) is 2.59. The Hall–Kier alpha value is -0.860. The van der Waals surface area contributed by atoms with Crippen LogP contribution in [0.1, 0.15) is 31.2 Å². The van der Waals surface area contributed by atoms with Crippen molar-refractivity contribution < 1.29 is 0 Å². The third kappa shape index (κ3) is 4.49. The topological polar surface area (TPSA) is 15.3 Å². The summed E-state index contributed by atoms with van der Waals surface area (Å²) in [5, 5.41) is 3.66. The van der Waals surface area contributed by atoms with Gasteiger partial charge in [0.15, 0.2) is 0 Å².